The van der Waals surface area contributed by atoms with Crippen molar-refractivity contribution in [1.29, 1.82) is 0 Å². The average Bonchev–Trinajstić information content (AvgIpc) is 3.22. The first kappa shape index (κ1) is 55.8. The van der Waals surface area contributed by atoms with Crippen LogP contribution in [0.5, 0.6) is 0 Å². The number of aliphatic hydroxyl groups is 3. The minimum atomic E-state index is -1.07. The summed E-state index contributed by atoms with van der Waals surface area (Å²) in [6.45, 7) is 4.16. The van der Waals surface area contributed by atoms with Gasteiger partial charge in [-0.1, -0.05) is 263 Å². The fourth-order valence-electron chi connectivity index (χ4n) is 8.11. The summed E-state index contributed by atoms with van der Waals surface area (Å²) in [5, 5.41) is 33.5. The van der Waals surface area contributed by atoms with E-state index in [0.717, 1.165) is 44.9 Å². The topological polar surface area (TPSA) is 89.8 Å². The molecule has 1 amide bonds. The number of allylic oxidation sites excluding steroid dienone is 4. The molecule has 0 aliphatic carbocycles. The monoisotopic (exact) mass is 804 g/mol. The zero-order valence-electron chi connectivity index (χ0n) is 38.5. The molecule has 0 aliphatic rings. The molecule has 5 nitrogen and oxygen atoms in total. The number of amides is 1. The minimum absolute atomic E-state index is 0.311. The number of hydrogen-bond donors (Lipinski definition) is 4. The third-order valence-corrected chi connectivity index (χ3v) is 12.1. The second-order valence-corrected chi connectivity index (χ2v) is 17.7. The van der Waals surface area contributed by atoms with E-state index in [9.17, 15) is 20.1 Å². The van der Waals surface area contributed by atoms with Crippen LogP contribution < -0.4 is 5.32 Å². The number of unbranched alkanes of at least 4 members (excludes halogenated alkanes) is 35. The van der Waals surface area contributed by atoms with Crippen molar-refractivity contribution in [1.82, 2.24) is 5.32 Å². The largest absolute Gasteiger partial charge is 0.394 e. The Morgan fingerprint density at radius 1 is 0.439 bits per heavy atom. The maximum Gasteiger partial charge on any atom is 0.249 e. The maximum absolute atomic E-state index is 12.5. The summed E-state index contributed by atoms with van der Waals surface area (Å²) in [6.07, 6.45) is 59.2. The lowest BCUT2D eigenvalue weighted by Crippen LogP contribution is -2.49. The van der Waals surface area contributed by atoms with Crippen molar-refractivity contribution in [3.63, 3.8) is 0 Å². The minimum Gasteiger partial charge on any atom is -0.394 e. The summed E-state index contributed by atoms with van der Waals surface area (Å²) >= 11 is 0. The van der Waals surface area contributed by atoms with Gasteiger partial charge in [-0.3, -0.25) is 4.79 Å². The first-order valence-corrected chi connectivity index (χ1v) is 25.6. The number of hydrogen-bond acceptors (Lipinski definition) is 4. The zero-order chi connectivity index (χ0) is 41.5. The first-order valence-electron chi connectivity index (χ1n) is 25.6. The fraction of sp³-hybridized carbons (Fsp3) is 0.904. The standard InChI is InChI=1S/C52H101NO4/c1-3-5-7-9-11-13-15-17-19-21-23-25-26-27-29-30-32-34-36-38-40-42-44-46-50(55)49(48-54)53-52(57)51(56)47-45-43-41-39-37-35-33-31-28-24-22-20-18-16-14-12-10-8-6-4-2/h6,8,12,14,49-51,54-56H,3-5,7,9-11,13,15-48H2,1-2H3,(H,53,57)/b8-6-,14-12-. The second kappa shape index (κ2) is 47.5. The Morgan fingerprint density at radius 2 is 0.772 bits per heavy atom. The number of carbonyl (C=O) groups excluding carboxylic acids is 1. The maximum atomic E-state index is 12.5. The lowest BCUT2D eigenvalue weighted by Gasteiger charge is -2.23. The highest BCUT2D eigenvalue weighted by Crippen LogP contribution is 2.17. The Balaban J connectivity index is 3.54. The van der Waals surface area contributed by atoms with Gasteiger partial charge < -0.3 is 20.6 Å². The Kier molecular flexibility index (Phi) is 46.5. The summed E-state index contributed by atoms with van der Waals surface area (Å²) in [6, 6.07) is -0.711. The highest BCUT2D eigenvalue weighted by molar-refractivity contribution is 5.80. The third kappa shape index (κ3) is 42.8. The SMILES string of the molecule is CC/C=C\C/C=C\CCCCCCCCCCCCCCCC(O)C(=O)NC(CO)C(O)CCCCCCCCCCCCCCCCCCCCCCCCC. The van der Waals surface area contributed by atoms with Gasteiger partial charge in [0.15, 0.2) is 0 Å². The van der Waals surface area contributed by atoms with Gasteiger partial charge in [-0.2, -0.15) is 0 Å². The molecule has 0 aliphatic heterocycles. The van der Waals surface area contributed by atoms with Crippen LogP contribution in [0.3, 0.4) is 0 Å². The van der Waals surface area contributed by atoms with E-state index in [0.29, 0.717) is 12.8 Å². The Bertz CT molecular complexity index is 844. The smallest absolute Gasteiger partial charge is 0.249 e. The van der Waals surface area contributed by atoms with Gasteiger partial charge in [0.1, 0.15) is 6.10 Å². The van der Waals surface area contributed by atoms with Crippen molar-refractivity contribution < 1.29 is 20.1 Å². The molecule has 4 N–H and O–H groups in total. The normalized spacial score (nSPS) is 13.6. The molecule has 0 saturated heterocycles. The molecule has 0 spiro atoms. The highest BCUT2D eigenvalue weighted by Gasteiger charge is 2.23. The van der Waals surface area contributed by atoms with Crippen LogP contribution in [0.4, 0.5) is 0 Å². The van der Waals surface area contributed by atoms with E-state index in [2.05, 4.69) is 43.5 Å². The Hall–Kier alpha value is -1.17. The van der Waals surface area contributed by atoms with E-state index in [-0.39, 0.29) is 6.61 Å². The van der Waals surface area contributed by atoms with Crippen LogP contribution >= 0.6 is 0 Å². The van der Waals surface area contributed by atoms with Crippen LogP contribution in [-0.4, -0.2) is 46.1 Å². The van der Waals surface area contributed by atoms with Gasteiger partial charge in [0.2, 0.25) is 5.91 Å². The van der Waals surface area contributed by atoms with E-state index in [1.807, 2.05) is 0 Å². The van der Waals surface area contributed by atoms with Gasteiger partial charge in [-0.25, -0.2) is 0 Å². The molecular formula is C52H101NO4. The Labute approximate surface area is 356 Å². The average molecular weight is 804 g/mol. The molecule has 0 bridgehead atoms. The summed E-state index contributed by atoms with van der Waals surface area (Å²) in [4.78, 5) is 12.5. The molecule has 3 unspecified atom stereocenters. The van der Waals surface area contributed by atoms with Gasteiger partial charge in [-0.15, -0.1) is 0 Å². The van der Waals surface area contributed by atoms with Gasteiger partial charge in [0.25, 0.3) is 0 Å². The molecule has 0 aromatic rings. The van der Waals surface area contributed by atoms with E-state index in [1.54, 1.807) is 0 Å². The van der Waals surface area contributed by atoms with Crippen LogP contribution in [0.15, 0.2) is 24.3 Å². The molecule has 0 aromatic heterocycles. The van der Waals surface area contributed by atoms with Crippen LogP contribution in [0, 0.1) is 0 Å². The molecule has 0 aromatic carbocycles. The van der Waals surface area contributed by atoms with Crippen molar-refractivity contribution in [3.8, 4) is 0 Å². The van der Waals surface area contributed by atoms with Crippen molar-refractivity contribution in [3.05, 3.63) is 24.3 Å². The molecule has 3 atom stereocenters. The quantitative estimate of drug-likeness (QED) is 0.0364. The summed E-state index contributed by atoms with van der Waals surface area (Å²) in [5.41, 5.74) is 0. The van der Waals surface area contributed by atoms with Crippen molar-refractivity contribution in [2.24, 2.45) is 0 Å². The van der Waals surface area contributed by atoms with E-state index in [4.69, 9.17) is 0 Å². The van der Waals surface area contributed by atoms with Crippen LogP contribution in [-0.2, 0) is 4.79 Å². The van der Waals surface area contributed by atoms with Gasteiger partial charge >= 0.3 is 0 Å². The molecule has 5 heteroatoms. The number of nitrogens with one attached hydrogen (secondary N) is 1. The molecular weight excluding hydrogens is 703 g/mol. The van der Waals surface area contributed by atoms with Crippen molar-refractivity contribution >= 4 is 5.91 Å². The van der Waals surface area contributed by atoms with Crippen LogP contribution in [0.25, 0.3) is 0 Å². The molecule has 0 heterocycles. The highest BCUT2D eigenvalue weighted by atomic mass is 16.3. The predicted octanol–water partition coefficient (Wildman–Crippen LogP) is 15.3. The fourth-order valence-corrected chi connectivity index (χ4v) is 8.11. The zero-order valence-corrected chi connectivity index (χ0v) is 38.5. The first-order chi connectivity index (χ1) is 28.1. The number of carbonyl (C=O) groups is 1. The lowest BCUT2D eigenvalue weighted by atomic mass is 10.0. The molecule has 0 fully saturated rings. The van der Waals surface area contributed by atoms with Crippen molar-refractivity contribution in [2.45, 2.75) is 295 Å². The molecule has 0 saturated carbocycles. The summed E-state index contributed by atoms with van der Waals surface area (Å²) < 4.78 is 0. The van der Waals surface area contributed by atoms with E-state index < -0.39 is 24.2 Å². The molecule has 0 radical (unpaired) electrons. The van der Waals surface area contributed by atoms with Crippen LogP contribution in [0.2, 0.25) is 0 Å². The molecule has 338 valence electrons. The lowest BCUT2D eigenvalue weighted by molar-refractivity contribution is -0.131. The molecule has 0 rings (SSSR count). The Morgan fingerprint density at radius 3 is 1.14 bits per heavy atom. The molecule has 57 heavy (non-hydrogen) atoms. The predicted molar refractivity (Wildman–Crippen MR) is 250 cm³/mol. The summed E-state index contributed by atoms with van der Waals surface area (Å²) in [7, 11) is 0. The van der Waals surface area contributed by atoms with Gasteiger partial charge in [-0.05, 0) is 38.5 Å². The van der Waals surface area contributed by atoms with Gasteiger partial charge in [0, 0.05) is 0 Å². The third-order valence-electron chi connectivity index (χ3n) is 12.1. The summed E-state index contributed by atoms with van der Waals surface area (Å²) in [5.74, 6) is -0.468. The number of aliphatic hydroxyl groups excluding tert-OH is 3. The van der Waals surface area contributed by atoms with E-state index >= 15 is 0 Å². The van der Waals surface area contributed by atoms with E-state index in [1.165, 1.54) is 205 Å². The second-order valence-electron chi connectivity index (χ2n) is 17.7. The van der Waals surface area contributed by atoms with Crippen LogP contribution in [0.1, 0.15) is 277 Å². The van der Waals surface area contributed by atoms with Gasteiger partial charge in [0.05, 0.1) is 18.8 Å². The van der Waals surface area contributed by atoms with Crippen molar-refractivity contribution in [2.75, 3.05) is 6.61 Å². The number of rotatable bonds is 47.